The lowest BCUT2D eigenvalue weighted by molar-refractivity contribution is -0.208. The van der Waals surface area contributed by atoms with Gasteiger partial charge < -0.3 is 20.5 Å². The average molecular weight is 364 g/mol. The highest BCUT2D eigenvalue weighted by Gasteiger charge is 2.50. The first-order valence-electron chi connectivity index (χ1n) is 9.09. The molecule has 0 bridgehead atoms. The van der Waals surface area contributed by atoms with E-state index in [1.165, 1.54) is 0 Å². The first-order valence-corrected chi connectivity index (χ1v) is 9.09. The summed E-state index contributed by atoms with van der Waals surface area (Å²) in [6.07, 6.45) is -1.67. The molecule has 0 radical (unpaired) electrons. The molecule has 1 heterocycles. The van der Waals surface area contributed by atoms with Gasteiger partial charge in [-0.2, -0.15) is 13.2 Å². The van der Waals surface area contributed by atoms with Gasteiger partial charge in [0.2, 0.25) is 5.91 Å². The van der Waals surface area contributed by atoms with Crippen LogP contribution in [-0.4, -0.2) is 54.1 Å². The van der Waals surface area contributed by atoms with Crippen molar-refractivity contribution in [2.45, 2.75) is 63.3 Å². The molecule has 3 unspecified atom stereocenters. The third-order valence-electron chi connectivity index (χ3n) is 6.25. The SMILES string of the molecule is N[C@@H]1CC[C@](CCO)(C(=O)N2COC3CCC(C(F)(F)F)CC3C2)C1. The Balaban J connectivity index is 1.68. The Bertz CT molecular complexity index is 498. The fraction of sp³-hybridized carbons (Fsp3) is 0.941. The van der Waals surface area contributed by atoms with Crippen molar-refractivity contribution in [1.82, 2.24) is 4.90 Å². The van der Waals surface area contributed by atoms with Crippen molar-refractivity contribution in [3.8, 4) is 0 Å². The van der Waals surface area contributed by atoms with E-state index in [9.17, 15) is 23.1 Å². The number of nitrogens with two attached hydrogens (primary N) is 1. The molecule has 3 aliphatic rings. The first kappa shape index (κ1) is 18.9. The van der Waals surface area contributed by atoms with E-state index in [2.05, 4.69) is 0 Å². The molecule has 0 spiro atoms. The van der Waals surface area contributed by atoms with E-state index < -0.39 is 17.5 Å². The number of hydrogen-bond acceptors (Lipinski definition) is 4. The summed E-state index contributed by atoms with van der Waals surface area (Å²) < 4.78 is 44.9. The molecule has 0 aromatic rings. The van der Waals surface area contributed by atoms with E-state index in [1.807, 2.05) is 0 Å². The fourth-order valence-corrected chi connectivity index (χ4v) is 4.85. The summed E-state index contributed by atoms with van der Waals surface area (Å²) in [5.74, 6) is -1.71. The molecule has 3 rings (SSSR count). The minimum Gasteiger partial charge on any atom is -0.396 e. The number of carbonyl (C=O) groups is 1. The van der Waals surface area contributed by atoms with Gasteiger partial charge in [-0.1, -0.05) is 0 Å². The third-order valence-corrected chi connectivity index (χ3v) is 6.25. The van der Waals surface area contributed by atoms with Crippen molar-refractivity contribution >= 4 is 5.91 Å². The minimum atomic E-state index is -4.19. The van der Waals surface area contributed by atoms with Crippen LogP contribution >= 0.6 is 0 Å². The molecule has 2 aliphatic carbocycles. The number of halogens is 3. The van der Waals surface area contributed by atoms with Crippen LogP contribution in [-0.2, 0) is 9.53 Å². The molecule has 0 aromatic carbocycles. The molecule has 5 atom stereocenters. The van der Waals surface area contributed by atoms with Crippen LogP contribution in [0.2, 0.25) is 0 Å². The first-order chi connectivity index (χ1) is 11.7. The highest BCUT2D eigenvalue weighted by Crippen LogP contribution is 2.45. The Morgan fingerprint density at radius 1 is 1.32 bits per heavy atom. The summed E-state index contributed by atoms with van der Waals surface area (Å²) in [6, 6.07) is -0.0711. The van der Waals surface area contributed by atoms with Crippen molar-refractivity contribution in [3.05, 3.63) is 0 Å². The molecule has 8 heteroatoms. The Hall–Kier alpha value is -0.860. The van der Waals surface area contributed by atoms with Gasteiger partial charge in [0.15, 0.2) is 0 Å². The highest BCUT2D eigenvalue weighted by molar-refractivity contribution is 5.83. The third kappa shape index (κ3) is 3.80. The van der Waals surface area contributed by atoms with Crippen LogP contribution in [0.15, 0.2) is 0 Å². The van der Waals surface area contributed by atoms with Crippen LogP contribution in [0.4, 0.5) is 13.2 Å². The predicted molar refractivity (Wildman–Crippen MR) is 84.3 cm³/mol. The van der Waals surface area contributed by atoms with Crippen molar-refractivity contribution in [1.29, 1.82) is 0 Å². The Kier molecular flexibility index (Phi) is 5.33. The summed E-state index contributed by atoms with van der Waals surface area (Å²) in [5, 5.41) is 9.37. The number of hydrogen-bond donors (Lipinski definition) is 2. The number of carbonyl (C=O) groups excluding carboxylic acids is 1. The summed E-state index contributed by atoms with van der Waals surface area (Å²) in [6.45, 7) is 0.326. The van der Waals surface area contributed by atoms with E-state index in [1.54, 1.807) is 4.90 Å². The monoisotopic (exact) mass is 364 g/mol. The largest absolute Gasteiger partial charge is 0.396 e. The van der Waals surface area contributed by atoms with Gasteiger partial charge in [-0.25, -0.2) is 0 Å². The number of aliphatic hydroxyl groups is 1. The van der Waals surface area contributed by atoms with Gasteiger partial charge in [0.25, 0.3) is 0 Å². The van der Waals surface area contributed by atoms with Gasteiger partial charge in [-0.3, -0.25) is 4.79 Å². The maximum Gasteiger partial charge on any atom is 0.391 e. The van der Waals surface area contributed by atoms with Crippen LogP contribution in [0.5, 0.6) is 0 Å². The Labute approximate surface area is 145 Å². The molecule has 0 aromatic heterocycles. The van der Waals surface area contributed by atoms with Gasteiger partial charge in [0.1, 0.15) is 6.73 Å². The lowest BCUT2D eigenvalue weighted by Crippen LogP contribution is -2.54. The smallest absolute Gasteiger partial charge is 0.391 e. The molecule has 3 fully saturated rings. The summed E-state index contributed by atoms with van der Waals surface area (Å²) in [4.78, 5) is 14.6. The van der Waals surface area contributed by atoms with Gasteiger partial charge in [0.05, 0.1) is 17.4 Å². The number of rotatable bonds is 3. The molecular weight excluding hydrogens is 337 g/mol. The second-order valence-electron chi connectivity index (χ2n) is 7.93. The maximum atomic E-state index is 13.1. The second kappa shape index (κ2) is 7.04. The van der Waals surface area contributed by atoms with Gasteiger partial charge in [-0.15, -0.1) is 0 Å². The van der Waals surface area contributed by atoms with Crippen LogP contribution in [0.25, 0.3) is 0 Å². The number of amides is 1. The molecular formula is C17H27F3N2O3. The Morgan fingerprint density at radius 3 is 2.68 bits per heavy atom. The molecule has 1 aliphatic heterocycles. The van der Waals surface area contributed by atoms with Gasteiger partial charge in [0, 0.05) is 25.1 Å². The standard InChI is InChI=1S/C17H27F3N2O3/c18-17(19,20)12-1-2-14-11(7-12)9-22(10-25-14)15(24)16(5-6-23)4-3-13(21)8-16/h11-14,23H,1-10,21H2/t11?,12?,13-,14?,16-/m1/s1. The minimum absolute atomic E-state index is 0.0183. The van der Waals surface area contributed by atoms with Crippen molar-refractivity contribution in [3.63, 3.8) is 0 Å². The highest BCUT2D eigenvalue weighted by atomic mass is 19.4. The lowest BCUT2D eigenvalue weighted by Gasteiger charge is -2.45. The van der Waals surface area contributed by atoms with Gasteiger partial charge >= 0.3 is 6.18 Å². The van der Waals surface area contributed by atoms with Gasteiger partial charge in [-0.05, 0) is 44.9 Å². The molecule has 1 amide bonds. The molecule has 1 saturated heterocycles. The number of nitrogens with zero attached hydrogens (tertiary/aromatic N) is 1. The van der Waals surface area contributed by atoms with E-state index in [0.717, 1.165) is 6.42 Å². The van der Waals surface area contributed by atoms with Crippen LogP contribution in [0.1, 0.15) is 44.9 Å². The average Bonchev–Trinajstić information content (AvgIpc) is 2.94. The second-order valence-corrected chi connectivity index (χ2v) is 7.93. The topological polar surface area (TPSA) is 75.8 Å². The number of alkyl halides is 3. The zero-order valence-electron chi connectivity index (χ0n) is 14.3. The molecule has 25 heavy (non-hydrogen) atoms. The molecule has 5 nitrogen and oxygen atoms in total. The van der Waals surface area contributed by atoms with Crippen molar-refractivity contribution < 1.29 is 27.8 Å². The van der Waals surface area contributed by atoms with Crippen molar-refractivity contribution in [2.24, 2.45) is 23.0 Å². The Morgan fingerprint density at radius 2 is 2.08 bits per heavy atom. The molecule has 2 saturated carbocycles. The number of aliphatic hydroxyl groups excluding tert-OH is 1. The number of fused-ring (bicyclic) bond motifs is 1. The van der Waals surface area contributed by atoms with E-state index in [4.69, 9.17) is 10.5 Å². The van der Waals surface area contributed by atoms with Crippen LogP contribution in [0, 0.1) is 17.3 Å². The molecule has 144 valence electrons. The van der Waals surface area contributed by atoms with E-state index in [-0.39, 0.29) is 50.2 Å². The van der Waals surface area contributed by atoms with Crippen LogP contribution < -0.4 is 5.73 Å². The summed E-state index contributed by atoms with van der Waals surface area (Å²) in [7, 11) is 0. The van der Waals surface area contributed by atoms with Crippen molar-refractivity contribution in [2.75, 3.05) is 19.9 Å². The number of ether oxygens (including phenoxy) is 1. The predicted octanol–water partition coefficient (Wildman–Crippen LogP) is 2.03. The van der Waals surface area contributed by atoms with E-state index in [0.29, 0.717) is 32.2 Å². The maximum absolute atomic E-state index is 13.1. The quantitative estimate of drug-likeness (QED) is 0.804. The zero-order chi connectivity index (χ0) is 18.2. The zero-order valence-corrected chi connectivity index (χ0v) is 14.3. The normalized spacial score (nSPS) is 39.3. The lowest BCUT2D eigenvalue weighted by atomic mass is 9.77. The van der Waals surface area contributed by atoms with Crippen LogP contribution in [0.3, 0.4) is 0 Å². The fourth-order valence-electron chi connectivity index (χ4n) is 4.85. The summed E-state index contributed by atoms with van der Waals surface area (Å²) in [5.41, 5.74) is 5.28. The van der Waals surface area contributed by atoms with E-state index >= 15 is 0 Å². The summed E-state index contributed by atoms with van der Waals surface area (Å²) >= 11 is 0. The molecule has 3 N–H and O–H groups in total.